The van der Waals surface area contributed by atoms with Gasteiger partial charge < -0.3 is 10.5 Å². The lowest BCUT2D eigenvalue weighted by atomic mass is 10.2. The fourth-order valence-corrected chi connectivity index (χ4v) is 1.15. The van der Waals surface area contributed by atoms with Gasteiger partial charge in [-0.1, -0.05) is 6.92 Å². The van der Waals surface area contributed by atoms with E-state index in [2.05, 4.69) is 25.9 Å². The third-order valence-corrected chi connectivity index (χ3v) is 2.26. The van der Waals surface area contributed by atoms with Gasteiger partial charge in [-0.3, -0.25) is 0 Å². The third kappa shape index (κ3) is 2.63. The van der Waals surface area contributed by atoms with E-state index in [1.54, 1.807) is 13.3 Å². The summed E-state index contributed by atoms with van der Waals surface area (Å²) in [5.74, 6) is 1.34. The van der Waals surface area contributed by atoms with Crippen LogP contribution in [0.2, 0.25) is 0 Å². The van der Waals surface area contributed by atoms with Crippen LogP contribution in [0.3, 0.4) is 0 Å². The van der Waals surface area contributed by atoms with Gasteiger partial charge in [0, 0.05) is 19.2 Å². The molecule has 0 aliphatic heterocycles. The zero-order valence-corrected chi connectivity index (χ0v) is 9.21. The maximum Gasteiger partial charge on any atom is 0.141 e. The lowest BCUT2D eigenvalue weighted by Gasteiger charge is -2.09. The predicted molar refractivity (Wildman–Crippen MR) is 54.4 cm³/mol. The lowest BCUT2D eigenvalue weighted by molar-refractivity contribution is 0.181. The first-order chi connectivity index (χ1) is 6.15. The van der Waals surface area contributed by atoms with Gasteiger partial charge in [0.1, 0.15) is 11.6 Å². The molecule has 0 saturated heterocycles. The van der Waals surface area contributed by atoms with E-state index in [4.69, 9.17) is 10.5 Å². The molecule has 0 aliphatic carbocycles. The highest BCUT2D eigenvalue weighted by Gasteiger charge is 2.09. The van der Waals surface area contributed by atoms with Crippen molar-refractivity contribution in [1.29, 1.82) is 0 Å². The molecule has 1 aromatic rings. The van der Waals surface area contributed by atoms with Crippen molar-refractivity contribution in [2.24, 2.45) is 0 Å². The van der Waals surface area contributed by atoms with E-state index in [1.165, 1.54) is 0 Å². The number of ether oxygens (including phenoxy) is 1. The molecule has 5 heteroatoms. The number of hydrogen-bond acceptors (Lipinski definition) is 4. The van der Waals surface area contributed by atoms with Crippen molar-refractivity contribution in [2.45, 2.75) is 12.8 Å². The summed E-state index contributed by atoms with van der Waals surface area (Å²) in [5, 5.41) is 0. The second-order valence-electron chi connectivity index (χ2n) is 2.82. The SMILES string of the molecule is COCC(C)c1ncc(Br)c(N)n1. The van der Waals surface area contributed by atoms with Gasteiger partial charge in [0.15, 0.2) is 0 Å². The second kappa shape index (κ2) is 4.53. The molecule has 0 fully saturated rings. The van der Waals surface area contributed by atoms with E-state index < -0.39 is 0 Å². The van der Waals surface area contributed by atoms with Crippen LogP contribution < -0.4 is 5.73 Å². The molecule has 1 heterocycles. The summed E-state index contributed by atoms with van der Waals surface area (Å²) in [6, 6.07) is 0. The molecule has 0 aromatic carbocycles. The van der Waals surface area contributed by atoms with E-state index in [1.807, 2.05) is 6.92 Å². The Kier molecular flexibility index (Phi) is 3.62. The highest BCUT2D eigenvalue weighted by atomic mass is 79.9. The molecule has 0 spiro atoms. The number of nitrogen functional groups attached to an aromatic ring is 1. The summed E-state index contributed by atoms with van der Waals surface area (Å²) < 4.78 is 5.72. The molecule has 0 bridgehead atoms. The highest BCUT2D eigenvalue weighted by molar-refractivity contribution is 9.10. The topological polar surface area (TPSA) is 61.0 Å². The fraction of sp³-hybridized carbons (Fsp3) is 0.500. The first-order valence-corrected chi connectivity index (χ1v) is 4.71. The minimum Gasteiger partial charge on any atom is -0.384 e. The minimum atomic E-state index is 0.167. The summed E-state index contributed by atoms with van der Waals surface area (Å²) >= 11 is 3.24. The molecule has 2 N–H and O–H groups in total. The van der Waals surface area contributed by atoms with E-state index >= 15 is 0 Å². The van der Waals surface area contributed by atoms with Crippen molar-refractivity contribution in [3.8, 4) is 0 Å². The summed E-state index contributed by atoms with van der Waals surface area (Å²) in [6.07, 6.45) is 1.66. The average molecular weight is 246 g/mol. The number of aromatic nitrogens is 2. The summed E-state index contributed by atoms with van der Waals surface area (Å²) in [7, 11) is 1.65. The van der Waals surface area contributed by atoms with Crippen LogP contribution in [0, 0.1) is 0 Å². The number of nitrogens with two attached hydrogens (primary N) is 1. The molecular formula is C8H12BrN3O. The number of hydrogen-bond donors (Lipinski definition) is 1. The van der Waals surface area contributed by atoms with Crippen molar-refractivity contribution in [2.75, 3.05) is 19.5 Å². The van der Waals surface area contributed by atoms with Crippen molar-refractivity contribution in [3.63, 3.8) is 0 Å². The summed E-state index contributed by atoms with van der Waals surface area (Å²) in [5.41, 5.74) is 5.62. The molecular weight excluding hydrogens is 234 g/mol. The lowest BCUT2D eigenvalue weighted by Crippen LogP contribution is -2.08. The second-order valence-corrected chi connectivity index (χ2v) is 3.67. The summed E-state index contributed by atoms with van der Waals surface area (Å²) in [4.78, 5) is 8.27. The largest absolute Gasteiger partial charge is 0.384 e. The maximum atomic E-state index is 5.62. The van der Waals surface area contributed by atoms with Gasteiger partial charge in [0.25, 0.3) is 0 Å². The van der Waals surface area contributed by atoms with E-state index in [0.29, 0.717) is 18.2 Å². The number of nitrogens with zero attached hydrogens (tertiary/aromatic N) is 2. The molecule has 0 aliphatic rings. The highest BCUT2D eigenvalue weighted by Crippen LogP contribution is 2.18. The van der Waals surface area contributed by atoms with Crippen LogP contribution in [0.1, 0.15) is 18.7 Å². The van der Waals surface area contributed by atoms with E-state index in [0.717, 1.165) is 4.47 Å². The molecule has 72 valence electrons. The minimum absolute atomic E-state index is 0.167. The monoisotopic (exact) mass is 245 g/mol. The van der Waals surface area contributed by atoms with Crippen LogP contribution >= 0.6 is 15.9 Å². The van der Waals surface area contributed by atoms with Crippen LogP contribution in [0.5, 0.6) is 0 Å². The Morgan fingerprint density at radius 2 is 2.38 bits per heavy atom. The zero-order valence-electron chi connectivity index (χ0n) is 7.62. The van der Waals surface area contributed by atoms with Crippen LogP contribution in [-0.4, -0.2) is 23.7 Å². The first kappa shape index (κ1) is 10.4. The van der Waals surface area contributed by atoms with Gasteiger partial charge in [0.05, 0.1) is 11.1 Å². The fourth-order valence-electron chi connectivity index (χ4n) is 0.957. The van der Waals surface area contributed by atoms with Crippen molar-refractivity contribution in [1.82, 2.24) is 9.97 Å². The maximum absolute atomic E-state index is 5.62. The number of halogens is 1. The van der Waals surface area contributed by atoms with Crippen LogP contribution in [0.4, 0.5) is 5.82 Å². The predicted octanol–water partition coefficient (Wildman–Crippen LogP) is 1.57. The van der Waals surface area contributed by atoms with Crippen molar-refractivity contribution >= 4 is 21.7 Å². The average Bonchev–Trinajstić information content (AvgIpc) is 2.10. The van der Waals surface area contributed by atoms with Crippen LogP contribution in [0.25, 0.3) is 0 Å². The third-order valence-electron chi connectivity index (χ3n) is 1.65. The van der Waals surface area contributed by atoms with Gasteiger partial charge in [-0.05, 0) is 15.9 Å². The molecule has 0 saturated carbocycles. The quantitative estimate of drug-likeness (QED) is 0.879. The first-order valence-electron chi connectivity index (χ1n) is 3.92. The van der Waals surface area contributed by atoms with Gasteiger partial charge >= 0.3 is 0 Å². The molecule has 1 rings (SSSR count). The Bertz CT molecular complexity index is 293. The molecule has 1 aromatic heterocycles. The smallest absolute Gasteiger partial charge is 0.141 e. The molecule has 0 radical (unpaired) electrons. The molecule has 4 nitrogen and oxygen atoms in total. The zero-order chi connectivity index (χ0) is 9.84. The number of methoxy groups -OCH3 is 1. The van der Waals surface area contributed by atoms with E-state index in [9.17, 15) is 0 Å². The molecule has 13 heavy (non-hydrogen) atoms. The Morgan fingerprint density at radius 3 is 2.92 bits per heavy atom. The normalized spacial score (nSPS) is 12.8. The number of rotatable bonds is 3. The van der Waals surface area contributed by atoms with Crippen molar-refractivity contribution < 1.29 is 4.74 Å². The van der Waals surface area contributed by atoms with Crippen LogP contribution in [0.15, 0.2) is 10.7 Å². The Labute approximate surface area is 85.7 Å². The van der Waals surface area contributed by atoms with Crippen LogP contribution in [-0.2, 0) is 4.74 Å². The molecule has 1 atom stereocenters. The van der Waals surface area contributed by atoms with E-state index in [-0.39, 0.29) is 5.92 Å². The Balaban J connectivity index is 2.84. The summed E-state index contributed by atoms with van der Waals surface area (Å²) in [6.45, 7) is 2.59. The number of anilines is 1. The van der Waals surface area contributed by atoms with Crippen molar-refractivity contribution in [3.05, 3.63) is 16.5 Å². The van der Waals surface area contributed by atoms with Gasteiger partial charge in [-0.15, -0.1) is 0 Å². The van der Waals surface area contributed by atoms with Gasteiger partial charge in [-0.25, -0.2) is 9.97 Å². The molecule has 1 unspecified atom stereocenters. The standard InChI is InChI=1S/C8H12BrN3O/c1-5(4-13-2)8-11-3-6(9)7(10)12-8/h3,5H,4H2,1-2H3,(H2,10,11,12). The Hall–Kier alpha value is -0.680. The molecule has 0 amide bonds. The van der Waals surface area contributed by atoms with Gasteiger partial charge in [-0.2, -0.15) is 0 Å². The van der Waals surface area contributed by atoms with Gasteiger partial charge in [0.2, 0.25) is 0 Å². The Morgan fingerprint density at radius 1 is 1.69 bits per heavy atom.